The van der Waals surface area contributed by atoms with Crippen molar-refractivity contribution >= 4 is 0 Å². The van der Waals surface area contributed by atoms with Crippen molar-refractivity contribution in [2.45, 2.75) is 125 Å². The lowest BCUT2D eigenvalue weighted by molar-refractivity contribution is -0.349. The van der Waals surface area contributed by atoms with E-state index in [1.165, 1.54) is 0 Å². The fourth-order valence-corrected chi connectivity index (χ4v) is 8.50. The topological polar surface area (TPSA) is 330 Å². The number of aliphatic hydroxyl groups excluding tert-OH is 3. The monoisotopic (exact) mass is 948 g/mol. The van der Waals surface area contributed by atoms with E-state index in [0.717, 1.165) is 22.3 Å². The molecule has 3 N–H and O–H groups in total. The quantitative estimate of drug-likeness (QED) is 0.0408. The van der Waals surface area contributed by atoms with Crippen molar-refractivity contribution in [2.24, 2.45) is 20.5 Å². The van der Waals surface area contributed by atoms with Gasteiger partial charge < -0.3 is 53.2 Å². The molecule has 0 unspecified atom stereocenters. The largest absolute Gasteiger partial charge is 0.390 e. The number of azide groups is 4. The molecule has 1 saturated carbocycles. The zero-order valence-electron chi connectivity index (χ0n) is 37.1. The van der Waals surface area contributed by atoms with Gasteiger partial charge in [-0.3, -0.25) is 0 Å². The Bertz CT molecular complexity index is 2400. The molecule has 3 aliphatic rings. The Kier molecular flexibility index (Phi) is 19.0. The Balaban J connectivity index is 1.26. The van der Waals surface area contributed by atoms with Crippen molar-refractivity contribution in [1.82, 2.24) is 0 Å². The zero-order chi connectivity index (χ0) is 48.4. The highest BCUT2D eigenvalue weighted by molar-refractivity contribution is 5.17. The van der Waals surface area contributed by atoms with E-state index < -0.39 is 98.3 Å². The molecule has 23 nitrogen and oxygen atoms in total. The number of rotatable bonds is 22. The molecule has 0 aromatic heterocycles. The second-order valence-electron chi connectivity index (χ2n) is 16.4. The molecule has 0 spiro atoms. The maximum atomic E-state index is 12.4. The summed E-state index contributed by atoms with van der Waals surface area (Å²) in [5.74, 6) is 0. The van der Waals surface area contributed by atoms with Gasteiger partial charge >= 0.3 is 0 Å². The fourth-order valence-electron chi connectivity index (χ4n) is 8.50. The van der Waals surface area contributed by atoms with Gasteiger partial charge in [-0.1, -0.05) is 142 Å². The van der Waals surface area contributed by atoms with Crippen molar-refractivity contribution in [3.8, 4) is 0 Å². The first kappa shape index (κ1) is 50.6. The summed E-state index contributed by atoms with van der Waals surface area (Å²) >= 11 is 0. The summed E-state index contributed by atoms with van der Waals surface area (Å²) in [6.45, 7) is 0.0338. The van der Waals surface area contributed by atoms with E-state index in [9.17, 15) is 31.9 Å². The Morgan fingerprint density at radius 2 is 0.928 bits per heavy atom. The molecule has 1 aliphatic carbocycles. The van der Waals surface area contributed by atoms with Crippen LogP contribution < -0.4 is 0 Å². The van der Waals surface area contributed by atoms with E-state index in [1.54, 1.807) is 0 Å². The predicted molar refractivity (Wildman–Crippen MR) is 244 cm³/mol. The molecule has 0 radical (unpaired) electrons. The summed E-state index contributed by atoms with van der Waals surface area (Å²) in [5.41, 5.74) is 41.4. The summed E-state index contributed by atoms with van der Waals surface area (Å²) in [6.07, 6.45) is -16.9. The van der Waals surface area contributed by atoms with Crippen molar-refractivity contribution < 1.29 is 53.2 Å². The third-order valence-corrected chi connectivity index (χ3v) is 11.9. The molecule has 7 rings (SSSR count). The van der Waals surface area contributed by atoms with Gasteiger partial charge in [0.05, 0.1) is 76.1 Å². The predicted octanol–water partition coefficient (Wildman–Crippen LogP) is 7.01. The van der Waals surface area contributed by atoms with E-state index in [4.69, 9.17) is 43.4 Å². The molecule has 3 fully saturated rings. The molecule has 4 aromatic rings. The van der Waals surface area contributed by atoms with E-state index in [-0.39, 0.29) is 39.5 Å². The molecule has 2 heterocycles. The summed E-state index contributed by atoms with van der Waals surface area (Å²) in [6, 6.07) is 33.9. The first-order valence-corrected chi connectivity index (χ1v) is 22.2. The van der Waals surface area contributed by atoms with E-state index in [1.807, 2.05) is 121 Å². The van der Waals surface area contributed by atoms with Crippen molar-refractivity contribution in [2.75, 3.05) is 13.2 Å². The van der Waals surface area contributed by atoms with Crippen LogP contribution in [0.3, 0.4) is 0 Å². The summed E-state index contributed by atoms with van der Waals surface area (Å²) < 4.78 is 52.4. The zero-order valence-corrected chi connectivity index (χ0v) is 37.1. The van der Waals surface area contributed by atoms with Crippen LogP contribution in [-0.4, -0.2) is 120 Å². The average molecular weight is 949 g/mol. The number of ether oxygens (including phenoxy) is 8. The molecule has 362 valence electrons. The lowest BCUT2D eigenvalue weighted by Gasteiger charge is -2.49. The Hall–Kier alpha value is -6.32. The fraction of sp³-hybridized carbons (Fsp3) is 0.478. The highest BCUT2D eigenvalue weighted by atomic mass is 16.7. The van der Waals surface area contributed by atoms with Gasteiger partial charge in [0.15, 0.2) is 12.6 Å². The Morgan fingerprint density at radius 3 is 1.42 bits per heavy atom. The van der Waals surface area contributed by atoms with Gasteiger partial charge in [0.1, 0.15) is 42.7 Å². The SMILES string of the molecule is [N-]=[N+]=NC[C@H]1O[C@H](O[C@H]2[C@H](O)[C@@H](O[C@H]3O[C@H](COCc4ccccc4)[C@@H](OCc4ccccc4)[C@H](OCc4ccccc4)[C@@H]3OCc3ccccc3)[C@H](N=[N+]=[N-])C[C@@H]2N=[N+]=[N-])[C@H](N=[N+]=[N-])[C@@H](O)[C@@H]1O. The van der Waals surface area contributed by atoms with Gasteiger partial charge in [0, 0.05) is 19.6 Å². The summed E-state index contributed by atoms with van der Waals surface area (Å²) in [4.78, 5) is 11.4. The van der Waals surface area contributed by atoms with Crippen molar-refractivity contribution in [3.05, 3.63) is 185 Å². The molecule has 23 heteroatoms. The van der Waals surface area contributed by atoms with E-state index >= 15 is 0 Å². The highest BCUT2D eigenvalue weighted by Crippen LogP contribution is 2.38. The minimum atomic E-state index is -1.83. The maximum absolute atomic E-state index is 12.4. The smallest absolute Gasteiger partial charge is 0.187 e. The number of benzene rings is 4. The van der Waals surface area contributed by atoms with Gasteiger partial charge in [-0.25, -0.2) is 0 Å². The van der Waals surface area contributed by atoms with E-state index in [0.29, 0.717) is 0 Å². The van der Waals surface area contributed by atoms with Crippen LogP contribution in [0, 0.1) is 0 Å². The van der Waals surface area contributed by atoms with Gasteiger partial charge in [0.2, 0.25) is 0 Å². The van der Waals surface area contributed by atoms with Crippen molar-refractivity contribution in [1.29, 1.82) is 0 Å². The van der Waals surface area contributed by atoms with Gasteiger partial charge in [-0.05, 0) is 50.8 Å². The van der Waals surface area contributed by atoms with Crippen LogP contribution in [0.1, 0.15) is 28.7 Å². The van der Waals surface area contributed by atoms with Crippen LogP contribution in [-0.2, 0) is 64.3 Å². The van der Waals surface area contributed by atoms with Crippen LogP contribution in [0.4, 0.5) is 0 Å². The average Bonchev–Trinajstić information content (AvgIpc) is 3.37. The maximum Gasteiger partial charge on any atom is 0.187 e. The molecule has 69 heavy (non-hydrogen) atoms. The minimum Gasteiger partial charge on any atom is -0.390 e. The second kappa shape index (κ2) is 25.9. The normalized spacial score (nSPS) is 30.9. The van der Waals surface area contributed by atoms with Crippen LogP contribution in [0.25, 0.3) is 41.8 Å². The number of hydrogen-bond acceptors (Lipinski definition) is 15. The van der Waals surface area contributed by atoms with Crippen LogP contribution >= 0.6 is 0 Å². The first-order chi connectivity index (χ1) is 33.8. The lowest BCUT2D eigenvalue weighted by atomic mass is 9.84. The number of nitrogens with zero attached hydrogens (tertiary/aromatic N) is 12. The van der Waals surface area contributed by atoms with Crippen molar-refractivity contribution in [3.63, 3.8) is 0 Å². The van der Waals surface area contributed by atoms with E-state index in [2.05, 4.69) is 40.1 Å². The summed E-state index contributed by atoms with van der Waals surface area (Å²) in [7, 11) is 0. The first-order valence-electron chi connectivity index (χ1n) is 22.2. The van der Waals surface area contributed by atoms with Gasteiger partial charge in [-0.2, -0.15) is 0 Å². The minimum absolute atomic E-state index is 0.0342. The Labute approximate surface area is 395 Å². The second-order valence-corrected chi connectivity index (χ2v) is 16.4. The third kappa shape index (κ3) is 13.5. The third-order valence-electron chi connectivity index (χ3n) is 11.9. The number of hydrogen-bond donors (Lipinski definition) is 3. The standard InChI is InChI=1S/C46H52N12O11/c47-55-51-22-34-37(59)38(60)36(54-58-50)45(66-34)68-40-32(52-56-48)21-33(53-57-49)41(39(40)61)69-46-44(65-26-31-19-11-4-12-20-31)43(64-25-30-17-9-3-10-18-30)42(63-24-29-15-7-2-8-16-29)35(67-46)27-62-23-28-13-5-1-6-14-28/h1-20,32-46,59-61H,21-27H2/t32-,33+,34+,35+,36+,37+,38+,39-,40+,41-,42+,43-,44-,45+,46+/m0/s1. The molecule has 15 atom stereocenters. The Morgan fingerprint density at radius 1 is 0.478 bits per heavy atom. The van der Waals surface area contributed by atoms with Gasteiger partial charge in [0.25, 0.3) is 0 Å². The van der Waals surface area contributed by atoms with Crippen LogP contribution in [0.5, 0.6) is 0 Å². The highest BCUT2D eigenvalue weighted by Gasteiger charge is 2.54. The molecule has 2 aliphatic heterocycles. The lowest BCUT2D eigenvalue weighted by Crippen LogP contribution is -2.65. The molecule has 0 amide bonds. The van der Waals surface area contributed by atoms with Crippen LogP contribution in [0.15, 0.2) is 142 Å². The molecular weight excluding hydrogens is 897 g/mol. The molecule has 0 bridgehead atoms. The molecule has 2 saturated heterocycles. The molecular formula is C46H52N12O11. The van der Waals surface area contributed by atoms with Crippen LogP contribution in [0.2, 0.25) is 0 Å². The molecule has 4 aromatic carbocycles. The van der Waals surface area contributed by atoms with Gasteiger partial charge in [-0.15, -0.1) is 0 Å². The number of aliphatic hydroxyl groups is 3. The summed E-state index contributed by atoms with van der Waals surface area (Å²) in [5, 5.41) is 49.0.